The molecule has 0 radical (unpaired) electrons. The molecule has 0 bridgehead atoms. The second kappa shape index (κ2) is 7.88. The maximum absolute atomic E-state index is 11.8. The van der Waals surface area contributed by atoms with Gasteiger partial charge >= 0.3 is 0 Å². The summed E-state index contributed by atoms with van der Waals surface area (Å²) < 4.78 is 11.0. The molecule has 3 N–H and O–H groups in total. The van der Waals surface area contributed by atoms with Gasteiger partial charge < -0.3 is 20.5 Å². The average molecular weight is 294 g/mol. The topological polar surface area (TPSA) is 73.6 Å². The molecular formula is C16H26N2O3. The first-order valence-electron chi connectivity index (χ1n) is 7.23. The number of methoxy groups -OCH3 is 1. The number of hydrogen-bond donors (Lipinski definition) is 2. The Kier molecular flexibility index (Phi) is 6.49. The van der Waals surface area contributed by atoms with E-state index in [1.54, 1.807) is 7.11 Å². The lowest BCUT2D eigenvalue weighted by Gasteiger charge is -2.18. The lowest BCUT2D eigenvalue weighted by molar-refractivity contribution is -0.122. The van der Waals surface area contributed by atoms with Gasteiger partial charge in [-0.15, -0.1) is 0 Å². The highest BCUT2D eigenvalue weighted by Gasteiger charge is 2.14. The molecule has 0 aliphatic heterocycles. The van der Waals surface area contributed by atoms with Crippen molar-refractivity contribution in [2.24, 2.45) is 5.73 Å². The molecule has 1 aromatic carbocycles. The zero-order valence-corrected chi connectivity index (χ0v) is 13.5. The molecule has 0 aliphatic carbocycles. The van der Waals surface area contributed by atoms with Gasteiger partial charge in [-0.05, 0) is 45.4 Å². The van der Waals surface area contributed by atoms with Crippen LogP contribution < -0.4 is 20.5 Å². The van der Waals surface area contributed by atoms with Crippen molar-refractivity contribution in [2.75, 3.05) is 7.11 Å². The smallest absolute Gasteiger partial charge is 0.222 e. The lowest BCUT2D eigenvalue weighted by Crippen LogP contribution is -2.31. The van der Waals surface area contributed by atoms with Crippen molar-refractivity contribution in [3.8, 4) is 11.5 Å². The van der Waals surface area contributed by atoms with Gasteiger partial charge in [0.05, 0.1) is 19.3 Å². The lowest BCUT2D eigenvalue weighted by atomic mass is 10.1. The van der Waals surface area contributed by atoms with Crippen LogP contribution in [0.3, 0.4) is 0 Å². The van der Waals surface area contributed by atoms with Crippen LogP contribution >= 0.6 is 0 Å². The van der Waals surface area contributed by atoms with Gasteiger partial charge in [-0.1, -0.05) is 6.07 Å². The fraction of sp³-hybridized carbons (Fsp3) is 0.562. The molecule has 1 aromatic rings. The van der Waals surface area contributed by atoms with E-state index < -0.39 is 0 Å². The third-order valence-electron chi connectivity index (χ3n) is 2.94. The van der Waals surface area contributed by atoms with Crippen LogP contribution in [0.2, 0.25) is 0 Å². The molecule has 2 unspecified atom stereocenters. The first-order chi connectivity index (χ1) is 9.83. The third-order valence-corrected chi connectivity index (χ3v) is 2.94. The highest BCUT2D eigenvalue weighted by atomic mass is 16.5. The van der Waals surface area contributed by atoms with E-state index in [-0.39, 0.29) is 24.1 Å². The minimum atomic E-state index is -0.145. The number of carbonyl (C=O) groups excluding carboxylic acids is 1. The zero-order chi connectivity index (χ0) is 16.0. The summed E-state index contributed by atoms with van der Waals surface area (Å²) in [7, 11) is 1.60. The number of rotatable bonds is 7. The molecule has 0 heterocycles. The Balaban J connectivity index is 2.81. The van der Waals surface area contributed by atoms with Gasteiger partial charge in [-0.3, -0.25) is 4.79 Å². The molecule has 5 nitrogen and oxygen atoms in total. The van der Waals surface area contributed by atoms with Gasteiger partial charge in [0, 0.05) is 12.5 Å². The molecule has 21 heavy (non-hydrogen) atoms. The SMILES string of the molecule is COc1cc(C(C)NC(=O)CC(C)N)ccc1OC(C)C. The van der Waals surface area contributed by atoms with Crippen LogP contribution in [0.5, 0.6) is 11.5 Å². The molecule has 0 saturated heterocycles. The maximum atomic E-state index is 11.8. The number of benzene rings is 1. The van der Waals surface area contributed by atoms with Crippen molar-refractivity contribution in [2.45, 2.75) is 52.3 Å². The molecule has 1 rings (SSSR count). The van der Waals surface area contributed by atoms with Crippen LogP contribution in [0, 0.1) is 0 Å². The van der Waals surface area contributed by atoms with Gasteiger partial charge in [-0.25, -0.2) is 0 Å². The van der Waals surface area contributed by atoms with Gasteiger partial charge in [0.25, 0.3) is 0 Å². The molecule has 0 fully saturated rings. The Morgan fingerprint density at radius 3 is 2.43 bits per heavy atom. The predicted molar refractivity (Wildman–Crippen MR) is 83.6 cm³/mol. The summed E-state index contributed by atoms with van der Waals surface area (Å²) in [6, 6.07) is 5.42. The molecule has 0 aliphatic rings. The largest absolute Gasteiger partial charge is 0.493 e. The molecule has 1 amide bonds. The van der Waals surface area contributed by atoms with E-state index in [1.807, 2.05) is 45.9 Å². The minimum Gasteiger partial charge on any atom is -0.493 e. The van der Waals surface area contributed by atoms with E-state index >= 15 is 0 Å². The predicted octanol–water partition coefficient (Wildman–Crippen LogP) is 2.40. The second-order valence-corrected chi connectivity index (χ2v) is 5.55. The van der Waals surface area contributed by atoms with Crippen molar-refractivity contribution in [3.05, 3.63) is 23.8 Å². The Bertz CT molecular complexity index is 473. The zero-order valence-electron chi connectivity index (χ0n) is 13.5. The summed E-state index contributed by atoms with van der Waals surface area (Å²) in [5, 5.41) is 2.92. The Morgan fingerprint density at radius 2 is 1.90 bits per heavy atom. The minimum absolute atomic E-state index is 0.0565. The molecule has 2 atom stereocenters. The molecule has 118 valence electrons. The summed E-state index contributed by atoms with van der Waals surface area (Å²) in [6.07, 6.45) is 0.392. The van der Waals surface area contributed by atoms with Crippen LogP contribution in [-0.2, 0) is 4.79 Å². The number of nitrogens with two attached hydrogens (primary N) is 1. The van der Waals surface area contributed by atoms with Gasteiger partial charge in [0.2, 0.25) is 5.91 Å². The number of carbonyl (C=O) groups is 1. The van der Waals surface area contributed by atoms with E-state index in [9.17, 15) is 4.79 Å². The summed E-state index contributed by atoms with van der Waals surface area (Å²) in [4.78, 5) is 11.8. The number of nitrogens with one attached hydrogen (secondary N) is 1. The van der Waals surface area contributed by atoms with Crippen LogP contribution in [0.1, 0.15) is 45.7 Å². The van der Waals surface area contributed by atoms with Gasteiger partial charge in [0.1, 0.15) is 0 Å². The van der Waals surface area contributed by atoms with Crippen molar-refractivity contribution in [1.29, 1.82) is 0 Å². The number of ether oxygens (including phenoxy) is 2. The molecular weight excluding hydrogens is 268 g/mol. The summed E-state index contributed by atoms with van der Waals surface area (Å²) in [5.41, 5.74) is 6.58. The van der Waals surface area contributed by atoms with Crippen LogP contribution in [-0.4, -0.2) is 25.2 Å². The first-order valence-corrected chi connectivity index (χ1v) is 7.23. The summed E-state index contributed by atoms with van der Waals surface area (Å²) in [5.74, 6) is 1.30. The fourth-order valence-electron chi connectivity index (χ4n) is 1.98. The standard InChI is InChI=1S/C16H26N2O3/c1-10(2)21-14-7-6-13(9-15(14)20-5)12(4)18-16(19)8-11(3)17/h6-7,9-12H,8,17H2,1-5H3,(H,18,19). The second-order valence-electron chi connectivity index (χ2n) is 5.55. The highest BCUT2D eigenvalue weighted by molar-refractivity contribution is 5.77. The normalized spacial score (nSPS) is 13.7. The molecule has 5 heteroatoms. The Hall–Kier alpha value is -1.75. The van der Waals surface area contributed by atoms with E-state index in [0.717, 1.165) is 5.56 Å². The number of hydrogen-bond acceptors (Lipinski definition) is 4. The van der Waals surface area contributed by atoms with E-state index in [1.165, 1.54) is 0 Å². The maximum Gasteiger partial charge on any atom is 0.222 e. The monoisotopic (exact) mass is 294 g/mol. The van der Waals surface area contributed by atoms with Gasteiger partial charge in [-0.2, -0.15) is 0 Å². The highest BCUT2D eigenvalue weighted by Crippen LogP contribution is 2.31. The molecule has 0 saturated carbocycles. The van der Waals surface area contributed by atoms with Crippen molar-refractivity contribution < 1.29 is 14.3 Å². The van der Waals surface area contributed by atoms with Crippen LogP contribution in [0.4, 0.5) is 0 Å². The van der Waals surface area contributed by atoms with E-state index in [4.69, 9.17) is 15.2 Å². The van der Waals surface area contributed by atoms with E-state index in [2.05, 4.69) is 5.32 Å². The fourth-order valence-corrected chi connectivity index (χ4v) is 1.98. The first kappa shape index (κ1) is 17.3. The van der Waals surface area contributed by atoms with Crippen molar-refractivity contribution >= 4 is 5.91 Å². The van der Waals surface area contributed by atoms with Crippen molar-refractivity contribution in [1.82, 2.24) is 5.32 Å². The third kappa shape index (κ3) is 5.63. The summed E-state index contributed by atoms with van der Waals surface area (Å²) >= 11 is 0. The van der Waals surface area contributed by atoms with Crippen LogP contribution in [0.15, 0.2) is 18.2 Å². The van der Waals surface area contributed by atoms with Crippen LogP contribution in [0.25, 0.3) is 0 Å². The molecule has 0 spiro atoms. The Morgan fingerprint density at radius 1 is 1.24 bits per heavy atom. The van der Waals surface area contributed by atoms with E-state index in [0.29, 0.717) is 17.9 Å². The summed E-state index contributed by atoms with van der Waals surface area (Å²) in [6.45, 7) is 7.66. The quantitative estimate of drug-likeness (QED) is 0.810. The Labute approximate surface area is 126 Å². The molecule has 0 aromatic heterocycles. The van der Waals surface area contributed by atoms with Crippen molar-refractivity contribution in [3.63, 3.8) is 0 Å². The van der Waals surface area contributed by atoms with Gasteiger partial charge in [0.15, 0.2) is 11.5 Å². The average Bonchev–Trinajstić information content (AvgIpc) is 2.37. The number of amides is 1.